The molecule has 0 fully saturated rings. The molecule has 0 rings (SSSR count). The summed E-state index contributed by atoms with van der Waals surface area (Å²) in [6.45, 7) is 11.1. The topological polar surface area (TPSA) is 29.1 Å². The molecule has 1 unspecified atom stereocenters. The van der Waals surface area contributed by atoms with E-state index in [0.29, 0.717) is 5.57 Å². The van der Waals surface area contributed by atoms with Gasteiger partial charge in [-0.25, -0.2) is 0 Å². The molecule has 68 valence electrons. The van der Waals surface area contributed by atoms with Crippen molar-refractivity contribution in [2.24, 2.45) is 0 Å². The summed E-state index contributed by atoms with van der Waals surface area (Å²) < 4.78 is 0. The van der Waals surface area contributed by atoms with Gasteiger partial charge in [-0.05, 0) is 13.3 Å². The largest absolute Gasteiger partial charge is 0.350 e. The van der Waals surface area contributed by atoms with Crippen LogP contribution in [0.5, 0.6) is 0 Å². The molecule has 0 aromatic heterocycles. The minimum absolute atomic E-state index is 0.119. The van der Waals surface area contributed by atoms with Gasteiger partial charge in [-0.3, -0.25) is 4.79 Å². The Balaban J connectivity index is 3.83. The molecular formula is C10H17NO. The highest BCUT2D eigenvalue weighted by atomic mass is 16.1. The molecule has 2 nitrogen and oxygen atoms in total. The summed E-state index contributed by atoms with van der Waals surface area (Å²) in [7, 11) is 0. The molecule has 0 aromatic rings. The molecule has 0 aliphatic rings. The van der Waals surface area contributed by atoms with Crippen molar-refractivity contribution in [2.75, 3.05) is 0 Å². The van der Waals surface area contributed by atoms with E-state index in [-0.39, 0.29) is 11.9 Å². The summed E-state index contributed by atoms with van der Waals surface area (Å²) in [5, 5.41) is 2.82. The highest BCUT2D eigenvalue weighted by Gasteiger charge is 2.06. The van der Waals surface area contributed by atoms with E-state index < -0.39 is 0 Å². The number of rotatable bonds is 5. The minimum atomic E-state index is -0.119. The Labute approximate surface area is 74.4 Å². The normalized spacial score (nSPS) is 11.8. The van der Waals surface area contributed by atoms with Crippen molar-refractivity contribution in [2.45, 2.75) is 32.7 Å². The smallest absolute Gasteiger partial charge is 0.250 e. The molecule has 1 amide bonds. The first-order chi connectivity index (χ1) is 5.61. The Morgan fingerprint density at radius 3 is 2.67 bits per heavy atom. The fourth-order valence-electron chi connectivity index (χ4n) is 0.914. The van der Waals surface area contributed by atoms with Crippen LogP contribution in [0.3, 0.4) is 0 Å². The fourth-order valence-corrected chi connectivity index (χ4v) is 0.914. The molecule has 1 atom stereocenters. The van der Waals surface area contributed by atoms with Crippen molar-refractivity contribution in [3.05, 3.63) is 24.8 Å². The van der Waals surface area contributed by atoms with Crippen LogP contribution in [-0.2, 0) is 4.79 Å². The van der Waals surface area contributed by atoms with Crippen LogP contribution in [0.25, 0.3) is 0 Å². The summed E-state index contributed by atoms with van der Waals surface area (Å²) in [6, 6.07) is 0.221. The molecule has 12 heavy (non-hydrogen) atoms. The van der Waals surface area contributed by atoms with Crippen LogP contribution in [0.15, 0.2) is 24.8 Å². The van der Waals surface area contributed by atoms with Gasteiger partial charge in [0.05, 0.1) is 0 Å². The summed E-state index contributed by atoms with van der Waals surface area (Å²) in [4.78, 5) is 11.2. The monoisotopic (exact) mass is 167 g/mol. The van der Waals surface area contributed by atoms with Crippen LogP contribution in [0.2, 0.25) is 0 Å². The lowest BCUT2D eigenvalue weighted by atomic mass is 10.2. The van der Waals surface area contributed by atoms with Crippen LogP contribution in [-0.4, -0.2) is 11.9 Å². The van der Waals surface area contributed by atoms with Crippen molar-refractivity contribution >= 4 is 5.91 Å². The van der Waals surface area contributed by atoms with E-state index in [2.05, 4.69) is 25.4 Å². The van der Waals surface area contributed by atoms with E-state index in [9.17, 15) is 4.79 Å². The van der Waals surface area contributed by atoms with Crippen molar-refractivity contribution < 1.29 is 4.79 Å². The summed E-state index contributed by atoms with van der Waals surface area (Å²) in [6.07, 6.45) is 3.53. The second-order valence-electron chi connectivity index (χ2n) is 2.89. The first kappa shape index (κ1) is 11.0. The summed E-state index contributed by atoms with van der Waals surface area (Å²) in [5.74, 6) is -0.119. The Morgan fingerprint density at radius 1 is 1.67 bits per heavy atom. The lowest BCUT2D eigenvalue weighted by molar-refractivity contribution is -0.117. The second-order valence-corrected chi connectivity index (χ2v) is 2.89. The van der Waals surface area contributed by atoms with Crippen LogP contribution in [0.1, 0.15) is 26.7 Å². The summed E-state index contributed by atoms with van der Waals surface area (Å²) >= 11 is 0. The van der Waals surface area contributed by atoms with Gasteiger partial charge in [0.1, 0.15) is 0 Å². The van der Waals surface area contributed by atoms with E-state index >= 15 is 0 Å². The summed E-state index contributed by atoms with van der Waals surface area (Å²) in [5.41, 5.74) is 0.429. The number of carbonyl (C=O) groups excluding carboxylic acids is 1. The van der Waals surface area contributed by atoms with Crippen molar-refractivity contribution in [3.63, 3.8) is 0 Å². The van der Waals surface area contributed by atoms with Gasteiger partial charge in [-0.1, -0.05) is 32.6 Å². The molecule has 2 heteroatoms. The van der Waals surface area contributed by atoms with Crippen molar-refractivity contribution in [3.8, 4) is 0 Å². The third kappa shape index (κ3) is 3.96. The Morgan fingerprint density at radius 2 is 2.25 bits per heavy atom. The first-order valence-corrected chi connectivity index (χ1v) is 4.24. The molecule has 0 aromatic carbocycles. The molecule has 0 radical (unpaired) electrons. The number of hydrogen-bond donors (Lipinski definition) is 1. The van der Waals surface area contributed by atoms with Crippen molar-refractivity contribution in [1.29, 1.82) is 0 Å². The highest BCUT2D eigenvalue weighted by Crippen LogP contribution is 1.97. The lowest BCUT2D eigenvalue weighted by Crippen LogP contribution is -2.32. The molecule has 0 spiro atoms. The molecule has 0 bridgehead atoms. The highest BCUT2D eigenvalue weighted by molar-refractivity contribution is 5.95. The van der Waals surface area contributed by atoms with E-state index in [0.717, 1.165) is 12.8 Å². The quantitative estimate of drug-likeness (QED) is 0.492. The predicted molar refractivity (Wildman–Crippen MR) is 51.8 cm³/mol. The average molecular weight is 167 g/mol. The van der Waals surface area contributed by atoms with Gasteiger partial charge in [0.25, 0.3) is 5.91 Å². The molecule has 0 saturated carbocycles. The van der Waals surface area contributed by atoms with Crippen LogP contribution in [0.4, 0.5) is 0 Å². The lowest BCUT2D eigenvalue weighted by Gasteiger charge is -2.12. The molecule has 1 N–H and O–H groups in total. The second kappa shape index (κ2) is 5.58. The fraction of sp³-hybridized carbons (Fsp3) is 0.500. The van der Waals surface area contributed by atoms with Crippen LogP contribution < -0.4 is 5.32 Å². The van der Waals surface area contributed by atoms with Gasteiger partial charge in [-0.15, -0.1) is 0 Å². The maximum Gasteiger partial charge on any atom is 0.250 e. The molecule has 0 heterocycles. The maximum atomic E-state index is 11.2. The van der Waals surface area contributed by atoms with Gasteiger partial charge in [0, 0.05) is 11.6 Å². The molecule has 0 saturated heterocycles. The number of hydrogen-bond acceptors (Lipinski definition) is 1. The standard InChI is InChI=1S/C10H17NO/c1-5-7-9(4)11-10(12)8(3)6-2/h6,9H,2-3,5,7H2,1,4H3,(H,11,12). The van der Waals surface area contributed by atoms with E-state index in [1.807, 2.05) is 6.92 Å². The van der Waals surface area contributed by atoms with E-state index in [1.54, 1.807) is 0 Å². The van der Waals surface area contributed by atoms with Gasteiger partial charge >= 0.3 is 0 Å². The van der Waals surface area contributed by atoms with Gasteiger partial charge in [0.15, 0.2) is 0 Å². The Hall–Kier alpha value is -1.05. The zero-order valence-corrected chi connectivity index (χ0v) is 7.89. The Bertz CT molecular complexity index is 184. The third-order valence-electron chi connectivity index (χ3n) is 1.64. The zero-order valence-electron chi connectivity index (χ0n) is 7.89. The van der Waals surface area contributed by atoms with Crippen LogP contribution in [0, 0.1) is 0 Å². The molecule has 0 aliphatic heterocycles. The number of nitrogens with one attached hydrogen (secondary N) is 1. The van der Waals surface area contributed by atoms with Crippen LogP contribution >= 0.6 is 0 Å². The van der Waals surface area contributed by atoms with Gasteiger partial charge in [0.2, 0.25) is 0 Å². The van der Waals surface area contributed by atoms with Gasteiger partial charge in [-0.2, -0.15) is 0 Å². The third-order valence-corrected chi connectivity index (χ3v) is 1.64. The number of carbonyl (C=O) groups is 1. The SMILES string of the molecule is C=CC(=C)C(=O)NC(C)CCC. The van der Waals surface area contributed by atoms with Gasteiger partial charge < -0.3 is 5.32 Å². The predicted octanol–water partition coefficient (Wildman–Crippen LogP) is 2.03. The van der Waals surface area contributed by atoms with Crippen molar-refractivity contribution in [1.82, 2.24) is 5.32 Å². The maximum absolute atomic E-state index is 11.2. The number of amides is 1. The minimum Gasteiger partial charge on any atom is -0.350 e. The van der Waals surface area contributed by atoms with E-state index in [4.69, 9.17) is 0 Å². The molecular weight excluding hydrogens is 150 g/mol. The molecule has 0 aliphatic carbocycles. The zero-order chi connectivity index (χ0) is 9.56. The Kier molecular flexibility index (Phi) is 5.09. The first-order valence-electron chi connectivity index (χ1n) is 4.24. The van der Waals surface area contributed by atoms with E-state index in [1.165, 1.54) is 6.08 Å². The average Bonchev–Trinajstić information content (AvgIpc) is 2.03.